The van der Waals surface area contributed by atoms with E-state index in [0.29, 0.717) is 23.3 Å². The summed E-state index contributed by atoms with van der Waals surface area (Å²) in [4.78, 5) is 12.6. The summed E-state index contributed by atoms with van der Waals surface area (Å²) in [7, 11) is 3.16. The van der Waals surface area contributed by atoms with Crippen molar-refractivity contribution in [3.05, 3.63) is 40.0 Å². The molecule has 136 valence electrons. The standard InChI is InChI=1S/C22H30O3/c1-12(2)9-15-10-14(4)16-8-7-13(3)19-18(24-5)11-17(22(23)25-6)20(15)21(16)19/h9,11,13-16H,7-8,10H2,1-6H3/t13-,14+,15-,16+/m1/s1. The van der Waals surface area contributed by atoms with Crippen LogP contribution in [-0.2, 0) is 4.74 Å². The number of ether oxygens (including phenoxy) is 2. The van der Waals surface area contributed by atoms with Gasteiger partial charge in [0.15, 0.2) is 0 Å². The molecule has 0 bridgehead atoms. The van der Waals surface area contributed by atoms with Crippen molar-refractivity contribution >= 4 is 5.97 Å². The Morgan fingerprint density at radius 1 is 1.12 bits per heavy atom. The summed E-state index contributed by atoms with van der Waals surface area (Å²) in [5.41, 5.74) is 5.87. The highest BCUT2D eigenvalue weighted by molar-refractivity contribution is 5.93. The molecule has 0 aromatic heterocycles. The van der Waals surface area contributed by atoms with Gasteiger partial charge in [-0.1, -0.05) is 25.5 Å². The molecule has 0 heterocycles. The van der Waals surface area contributed by atoms with Crippen LogP contribution in [0.1, 0.15) is 91.8 Å². The van der Waals surface area contributed by atoms with Crippen LogP contribution in [-0.4, -0.2) is 20.2 Å². The first kappa shape index (κ1) is 18.0. The molecule has 1 aromatic rings. The predicted octanol–water partition coefficient (Wildman–Crippen LogP) is 5.55. The van der Waals surface area contributed by atoms with Crippen LogP contribution in [0.3, 0.4) is 0 Å². The third-order valence-electron chi connectivity index (χ3n) is 6.03. The summed E-state index contributed by atoms with van der Waals surface area (Å²) in [6.45, 7) is 8.90. The minimum Gasteiger partial charge on any atom is -0.496 e. The van der Waals surface area contributed by atoms with Crippen molar-refractivity contribution in [2.24, 2.45) is 5.92 Å². The molecule has 0 N–H and O–H groups in total. The number of rotatable bonds is 3. The van der Waals surface area contributed by atoms with Gasteiger partial charge in [0, 0.05) is 11.5 Å². The van der Waals surface area contributed by atoms with Gasteiger partial charge in [-0.25, -0.2) is 4.79 Å². The molecular formula is C22H30O3. The molecule has 0 fully saturated rings. The first-order valence-corrected chi connectivity index (χ1v) is 9.37. The third kappa shape index (κ3) is 2.98. The van der Waals surface area contributed by atoms with Crippen molar-refractivity contribution in [2.45, 2.75) is 64.7 Å². The van der Waals surface area contributed by atoms with Crippen LogP contribution < -0.4 is 4.74 Å². The average Bonchev–Trinajstić information content (AvgIpc) is 2.58. The summed E-state index contributed by atoms with van der Waals surface area (Å²) in [6.07, 6.45) is 5.79. The molecule has 3 nitrogen and oxygen atoms in total. The quantitative estimate of drug-likeness (QED) is 0.533. The van der Waals surface area contributed by atoms with Crippen molar-refractivity contribution in [1.82, 2.24) is 0 Å². The highest BCUT2D eigenvalue weighted by Crippen LogP contribution is 2.55. The fourth-order valence-electron chi connectivity index (χ4n) is 4.99. The minimum atomic E-state index is -0.255. The summed E-state index contributed by atoms with van der Waals surface area (Å²) < 4.78 is 10.8. The van der Waals surface area contributed by atoms with E-state index in [1.54, 1.807) is 7.11 Å². The number of methoxy groups -OCH3 is 2. The van der Waals surface area contributed by atoms with E-state index in [1.807, 2.05) is 6.07 Å². The third-order valence-corrected chi connectivity index (χ3v) is 6.03. The summed E-state index contributed by atoms with van der Waals surface area (Å²) in [5, 5.41) is 0. The molecule has 2 aliphatic carbocycles. The molecule has 0 saturated carbocycles. The van der Waals surface area contributed by atoms with E-state index in [1.165, 1.54) is 42.2 Å². The number of hydrogen-bond donors (Lipinski definition) is 0. The normalized spacial score (nSPS) is 27.3. The highest BCUT2D eigenvalue weighted by atomic mass is 16.5. The number of carbonyl (C=O) groups is 1. The van der Waals surface area contributed by atoms with E-state index >= 15 is 0 Å². The number of hydrogen-bond acceptors (Lipinski definition) is 3. The van der Waals surface area contributed by atoms with Crippen molar-refractivity contribution in [1.29, 1.82) is 0 Å². The molecule has 3 rings (SSSR count). The topological polar surface area (TPSA) is 35.5 Å². The Hall–Kier alpha value is -1.77. The van der Waals surface area contributed by atoms with Gasteiger partial charge in [0.05, 0.1) is 19.8 Å². The predicted molar refractivity (Wildman–Crippen MR) is 101 cm³/mol. The lowest BCUT2D eigenvalue weighted by Gasteiger charge is -2.43. The molecule has 0 unspecified atom stereocenters. The summed E-state index contributed by atoms with van der Waals surface area (Å²) in [5.74, 6) is 2.45. The second-order valence-corrected chi connectivity index (χ2v) is 8.01. The van der Waals surface area contributed by atoms with Gasteiger partial charge in [-0.3, -0.25) is 0 Å². The Morgan fingerprint density at radius 2 is 1.84 bits per heavy atom. The van der Waals surface area contributed by atoms with Crippen molar-refractivity contribution < 1.29 is 14.3 Å². The fourth-order valence-corrected chi connectivity index (χ4v) is 4.99. The first-order chi connectivity index (χ1) is 11.9. The molecule has 1 aromatic carbocycles. The average molecular weight is 342 g/mol. The lowest BCUT2D eigenvalue weighted by Crippen LogP contribution is -2.29. The lowest BCUT2D eigenvalue weighted by atomic mass is 9.62. The van der Waals surface area contributed by atoms with Gasteiger partial charge in [-0.05, 0) is 68.1 Å². The van der Waals surface area contributed by atoms with Crippen molar-refractivity contribution in [3.8, 4) is 5.75 Å². The SMILES string of the molecule is COC(=O)c1cc(OC)c2c3c1[C@H](C=C(C)C)C[C@H](C)[C@@H]3CC[C@H]2C. The molecule has 3 heteroatoms. The zero-order valence-electron chi connectivity index (χ0n) is 16.3. The van der Waals surface area contributed by atoms with Gasteiger partial charge in [0.1, 0.15) is 5.75 Å². The zero-order valence-corrected chi connectivity index (χ0v) is 16.3. The first-order valence-electron chi connectivity index (χ1n) is 9.37. The van der Waals surface area contributed by atoms with Crippen LogP contribution in [0.2, 0.25) is 0 Å². The van der Waals surface area contributed by atoms with Crippen LogP contribution in [0.25, 0.3) is 0 Å². The van der Waals surface area contributed by atoms with Crippen molar-refractivity contribution in [3.63, 3.8) is 0 Å². The van der Waals surface area contributed by atoms with E-state index in [2.05, 4.69) is 33.8 Å². The number of allylic oxidation sites excluding steroid dienone is 2. The van der Waals surface area contributed by atoms with Crippen LogP contribution in [0.4, 0.5) is 0 Å². The molecule has 2 aliphatic rings. The Kier molecular flexibility index (Phi) is 4.95. The second kappa shape index (κ2) is 6.86. The van der Waals surface area contributed by atoms with Crippen LogP contribution >= 0.6 is 0 Å². The molecule has 25 heavy (non-hydrogen) atoms. The van der Waals surface area contributed by atoms with Gasteiger partial charge in [0.2, 0.25) is 0 Å². The minimum absolute atomic E-state index is 0.255. The van der Waals surface area contributed by atoms with Gasteiger partial charge in [-0.15, -0.1) is 0 Å². The monoisotopic (exact) mass is 342 g/mol. The molecule has 0 spiro atoms. The maximum absolute atomic E-state index is 12.6. The zero-order chi connectivity index (χ0) is 18.3. The molecule has 0 saturated heterocycles. The van der Waals surface area contributed by atoms with Gasteiger partial charge in [0.25, 0.3) is 0 Å². The van der Waals surface area contributed by atoms with Gasteiger partial charge < -0.3 is 9.47 Å². The smallest absolute Gasteiger partial charge is 0.338 e. The van der Waals surface area contributed by atoms with E-state index < -0.39 is 0 Å². The van der Waals surface area contributed by atoms with Crippen LogP contribution in [0.5, 0.6) is 5.75 Å². The highest BCUT2D eigenvalue weighted by Gasteiger charge is 2.41. The Bertz CT molecular complexity index is 712. The number of carbonyl (C=O) groups excluding carboxylic acids is 1. The van der Waals surface area contributed by atoms with Crippen LogP contribution in [0.15, 0.2) is 17.7 Å². The van der Waals surface area contributed by atoms with Gasteiger partial charge in [-0.2, -0.15) is 0 Å². The lowest BCUT2D eigenvalue weighted by molar-refractivity contribution is 0.0597. The second-order valence-electron chi connectivity index (χ2n) is 8.01. The molecule has 0 amide bonds. The summed E-state index contributed by atoms with van der Waals surface area (Å²) in [6, 6.07) is 1.92. The maximum atomic E-state index is 12.6. The summed E-state index contributed by atoms with van der Waals surface area (Å²) >= 11 is 0. The number of benzene rings is 1. The van der Waals surface area contributed by atoms with E-state index in [9.17, 15) is 4.79 Å². The molecule has 0 aliphatic heterocycles. The Morgan fingerprint density at radius 3 is 2.44 bits per heavy atom. The van der Waals surface area contributed by atoms with Crippen LogP contribution in [0, 0.1) is 5.92 Å². The molecule has 0 radical (unpaired) electrons. The van der Waals surface area contributed by atoms with Crippen molar-refractivity contribution in [2.75, 3.05) is 14.2 Å². The molecule has 4 atom stereocenters. The largest absolute Gasteiger partial charge is 0.496 e. The maximum Gasteiger partial charge on any atom is 0.338 e. The number of esters is 1. The Labute approximate surface area is 151 Å². The van der Waals surface area contributed by atoms with E-state index in [0.717, 1.165) is 12.2 Å². The Balaban J connectivity index is 2.36. The van der Waals surface area contributed by atoms with E-state index in [-0.39, 0.29) is 11.9 Å². The van der Waals surface area contributed by atoms with E-state index in [4.69, 9.17) is 9.47 Å². The molecular weight excluding hydrogens is 312 g/mol. The fraction of sp³-hybridized carbons (Fsp3) is 0.591. The van der Waals surface area contributed by atoms with Gasteiger partial charge >= 0.3 is 5.97 Å².